The van der Waals surface area contributed by atoms with Gasteiger partial charge in [0.15, 0.2) is 0 Å². The summed E-state index contributed by atoms with van der Waals surface area (Å²) in [4.78, 5) is 83.1. The third-order valence-corrected chi connectivity index (χ3v) is 16.6. The van der Waals surface area contributed by atoms with E-state index in [1.165, 1.54) is 4.90 Å². The predicted molar refractivity (Wildman–Crippen MR) is 306 cm³/mol. The molecule has 1 unspecified atom stereocenters. The molecule has 0 spiro atoms. The Hall–Kier alpha value is -7.18. The Morgan fingerprint density at radius 2 is 1.65 bits per heavy atom. The first-order valence-electron chi connectivity index (χ1n) is 27.5. The van der Waals surface area contributed by atoms with E-state index >= 15 is 0 Å². The Bertz CT molecular complexity index is 3240. The Morgan fingerprint density at radius 1 is 0.911 bits per heavy atom. The summed E-state index contributed by atoms with van der Waals surface area (Å²) in [6, 6.07) is 25.6. The molecule has 0 saturated carbocycles. The van der Waals surface area contributed by atoms with Gasteiger partial charge in [-0.15, -0.1) is 11.3 Å². The van der Waals surface area contributed by atoms with Crippen LogP contribution in [0.15, 0.2) is 95.2 Å². The van der Waals surface area contributed by atoms with Crippen molar-refractivity contribution in [3.63, 3.8) is 0 Å². The van der Waals surface area contributed by atoms with Gasteiger partial charge in [-0.2, -0.15) is 0 Å². The minimum atomic E-state index is -0.899. The monoisotopic (exact) mass is 1090 g/mol. The Morgan fingerprint density at radius 3 is 2.33 bits per heavy atom. The number of carbonyl (C=O) groups excluding carboxylic acids is 4. The summed E-state index contributed by atoms with van der Waals surface area (Å²) < 4.78 is 17.8. The van der Waals surface area contributed by atoms with Crippen LogP contribution in [0, 0.1) is 33.6 Å². The highest BCUT2D eigenvalue weighted by atomic mass is 32.1. The van der Waals surface area contributed by atoms with Crippen molar-refractivity contribution in [1.82, 2.24) is 30.4 Å². The second-order valence-corrected chi connectivity index (χ2v) is 22.3. The number of β-amino-alcohol motifs (C(OH)–C–C–N with tert-alkyl or cyclic N) is 1. The van der Waals surface area contributed by atoms with Crippen molar-refractivity contribution < 1.29 is 38.5 Å². The van der Waals surface area contributed by atoms with Gasteiger partial charge in [0, 0.05) is 79.9 Å². The molecule has 2 fully saturated rings. The molecule has 416 valence electrons. The second kappa shape index (κ2) is 24.9. The van der Waals surface area contributed by atoms with E-state index in [0.29, 0.717) is 42.3 Å². The van der Waals surface area contributed by atoms with E-state index in [1.807, 2.05) is 127 Å². The van der Waals surface area contributed by atoms with E-state index in [0.717, 1.165) is 85.8 Å². The van der Waals surface area contributed by atoms with Gasteiger partial charge in [-0.3, -0.25) is 24.0 Å². The highest BCUT2D eigenvalue weighted by molar-refractivity contribution is 7.13. The van der Waals surface area contributed by atoms with Gasteiger partial charge in [-0.25, -0.2) is 4.98 Å². The number of benzene rings is 4. The molecule has 4 aromatic carbocycles. The molecule has 5 heterocycles. The first-order chi connectivity index (χ1) is 38.0. The SMILES string of the molecule is CCN(c1cc(-c2ccc(COCCOc3ccc4c(c3)C(=O)N(C(C(=O)N3C[C@H](O)C[C@H]3C(=O)N[C@@H](C)c3ccc(-c5scnc5C)cc3)C(C)C)C4)cc2)cc(C(=O)NCc2c(C)cc(C)[nH]c2=O)c1C)C1CCOCC1. The number of nitrogens with one attached hydrogen (secondary N) is 3. The Balaban J connectivity index is 0.799. The fraction of sp³-hybridized carbons (Fsp3) is 0.419. The molecule has 3 aliphatic rings. The molecule has 4 amide bonds. The molecule has 6 aromatic rings. The number of hydrogen-bond donors (Lipinski definition) is 4. The number of carbonyl (C=O) groups is 4. The quantitative estimate of drug-likeness (QED) is 0.0534. The van der Waals surface area contributed by atoms with Gasteiger partial charge in [-0.05, 0) is 135 Å². The highest BCUT2D eigenvalue weighted by Crippen LogP contribution is 2.36. The maximum atomic E-state index is 14.5. The number of likely N-dealkylation sites (tertiary alicyclic amines) is 1. The van der Waals surface area contributed by atoms with Gasteiger partial charge < -0.3 is 49.6 Å². The summed E-state index contributed by atoms with van der Waals surface area (Å²) in [5, 5.41) is 16.9. The number of aliphatic hydroxyl groups excluding tert-OH is 1. The van der Waals surface area contributed by atoms with E-state index in [2.05, 4.69) is 38.5 Å². The molecule has 2 aromatic heterocycles. The summed E-state index contributed by atoms with van der Waals surface area (Å²) in [6.07, 6.45) is 1.01. The maximum Gasteiger partial charge on any atom is 0.255 e. The summed E-state index contributed by atoms with van der Waals surface area (Å²) in [5.41, 5.74) is 13.1. The van der Waals surface area contributed by atoms with Gasteiger partial charge in [0.1, 0.15) is 24.4 Å². The molecule has 2 saturated heterocycles. The van der Waals surface area contributed by atoms with Crippen LogP contribution in [0.4, 0.5) is 5.69 Å². The van der Waals surface area contributed by atoms with Crippen LogP contribution in [0.1, 0.15) is 118 Å². The average molecular weight is 1090 g/mol. The van der Waals surface area contributed by atoms with Gasteiger partial charge >= 0.3 is 0 Å². The molecule has 4 atom stereocenters. The number of hydrogen-bond acceptors (Lipinski definition) is 12. The van der Waals surface area contributed by atoms with Crippen molar-refractivity contribution >= 4 is 40.7 Å². The lowest BCUT2D eigenvalue weighted by molar-refractivity contribution is -0.143. The molecule has 0 radical (unpaired) electrons. The summed E-state index contributed by atoms with van der Waals surface area (Å²) in [7, 11) is 0. The number of rotatable bonds is 20. The van der Waals surface area contributed by atoms with Crippen molar-refractivity contribution in [2.24, 2.45) is 5.92 Å². The fourth-order valence-corrected chi connectivity index (χ4v) is 12.2. The van der Waals surface area contributed by atoms with Crippen LogP contribution in [0.2, 0.25) is 0 Å². The van der Waals surface area contributed by atoms with E-state index in [4.69, 9.17) is 14.2 Å². The number of fused-ring (bicyclic) bond motifs is 1. The number of anilines is 1. The maximum absolute atomic E-state index is 14.5. The molecular formula is C62H73N7O9S. The molecule has 16 nitrogen and oxygen atoms in total. The summed E-state index contributed by atoms with van der Waals surface area (Å²) >= 11 is 1.58. The minimum Gasteiger partial charge on any atom is -0.491 e. The number of thiazole rings is 1. The van der Waals surface area contributed by atoms with Gasteiger partial charge in [0.05, 0.1) is 41.4 Å². The number of aryl methyl sites for hydroxylation is 3. The lowest BCUT2D eigenvalue weighted by Gasteiger charge is -2.37. The van der Waals surface area contributed by atoms with E-state index < -0.39 is 18.2 Å². The Labute approximate surface area is 466 Å². The topological polar surface area (TPSA) is 196 Å². The number of aromatic nitrogens is 2. The average Bonchev–Trinajstić information content (AvgIpc) is 4.19. The zero-order valence-corrected chi connectivity index (χ0v) is 47.3. The predicted octanol–water partition coefficient (Wildman–Crippen LogP) is 8.75. The number of nitrogens with zero attached hydrogens (tertiary/aromatic N) is 4. The fourth-order valence-electron chi connectivity index (χ4n) is 11.4. The summed E-state index contributed by atoms with van der Waals surface area (Å²) in [5.74, 6) is -1.07. The minimum absolute atomic E-state index is 0.00848. The third-order valence-electron chi connectivity index (χ3n) is 15.7. The second-order valence-electron chi connectivity index (χ2n) is 21.5. The van der Waals surface area contributed by atoms with Gasteiger partial charge in [0.25, 0.3) is 17.4 Å². The van der Waals surface area contributed by atoms with E-state index in [9.17, 15) is 29.1 Å². The lowest BCUT2D eigenvalue weighted by atomic mass is 9.94. The molecule has 3 aliphatic heterocycles. The lowest BCUT2D eigenvalue weighted by Crippen LogP contribution is -2.55. The van der Waals surface area contributed by atoms with Crippen LogP contribution in [0.5, 0.6) is 5.75 Å². The van der Waals surface area contributed by atoms with Crippen LogP contribution < -0.4 is 25.8 Å². The molecule has 0 aliphatic carbocycles. The number of ether oxygens (including phenoxy) is 3. The standard InChI is InChI=1S/C62H73N7O9S/c1-9-67(48-20-22-76-23-21-48)54-28-47(27-51(39(54)6)58(71)63-31-53-37(4)26-38(5)65-59(53)72)44-12-10-42(11-13-44)34-77-24-25-78-50-19-18-46-32-69(61(74)52(46)30-50)56(36(2)3)62(75)68-33-49(70)29-55(68)60(73)66-40(7)43-14-16-45(17-15-43)57-41(8)64-35-79-57/h10-19,26-28,30,35-36,40,48-49,55-56,70H,9,20-25,29,31-34H2,1-8H3,(H,63,71)(H,65,72)(H,66,73)/t40-,49+,55-,56?/m0/s1. The molecule has 17 heteroatoms. The number of pyridine rings is 1. The Kier molecular flexibility index (Phi) is 17.8. The van der Waals surface area contributed by atoms with Crippen molar-refractivity contribution in [1.29, 1.82) is 0 Å². The smallest absolute Gasteiger partial charge is 0.255 e. The highest BCUT2D eigenvalue weighted by Gasteiger charge is 2.46. The zero-order chi connectivity index (χ0) is 56.1. The van der Waals surface area contributed by atoms with E-state index in [-0.39, 0.29) is 86.5 Å². The van der Waals surface area contributed by atoms with E-state index in [1.54, 1.807) is 22.3 Å². The van der Waals surface area contributed by atoms with Crippen LogP contribution in [0.3, 0.4) is 0 Å². The molecule has 4 N–H and O–H groups in total. The number of amides is 4. The van der Waals surface area contributed by atoms with Crippen LogP contribution in [0.25, 0.3) is 21.6 Å². The van der Waals surface area contributed by atoms with Crippen LogP contribution in [-0.2, 0) is 38.8 Å². The van der Waals surface area contributed by atoms with Crippen LogP contribution >= 0.6 is 11.3 Å². The van der Waals surface area contributed by atoms with Gasteiger partial charge in [-0.1, -0.05) is 68.4 Å². The molecule has 79 heavy (non-hydrogen) atoms. The summed E-state index contributed by atoms with van der Waals surface area (Å²) in [6.45, 7) is 18.8. The number of aromatic amines is 1. The molecule has 9 rings (SSSR count). The van der Waals surface area contributed by atoms with Crippen molar-refractivity contribution in [2.45, 2.75) is 125 Å². The number of aliphatic hydroxyl groups is 1. The van der Waals surface area contributed by atoms with Gasteiger partial charge in [0.2, 0.25) is 11.8 Å². The molecular weight excluding hydrogens is 1020 g/mol. The zero-order valence-electron chi connectivity index (χ0n) is 46.5. The first-order valence-corrected chi connectivity index (χ1v) is 28.4. The van der Waals surface area contributed by atoms with Crippen LogP contribution in [-0.4, -0.2) is 112 Å². The number of H-pyrrole nitrogens is 1. The molecule has 0 bridgehead atoms. The first kappa shape index (κ1) is 56.5. The normalized spacial score (nSPS) is 17.2. The van der Waals surface area contributed by atoms with Crippen molar-refractivity contribution in [2.75, 3.05) is 44.4 Å². The third kappa shape index (κ3) is 12.7. The largest absolute Gasteiger partial charge is 0.491 e. The van der Waals surface area contributed by atoms with Crippen molar-refractivity contribution in [3.8, 4) is 27.3 Å². The van der Waals surface area contributed by atoms with Crippen molar-refractivity contribution in [3.05, 3.63) is 157 Å².